The van der Waals surface area contributed by atoms with Crippen LogP contribution in [0.3, 0.4) is 0 Å². The highest BCUT2D eigenvalue weighted by Crippen LogP contribution is 2.38. The predicted octanol–water partition coefficient (Wildman–Crippen LogP) is 1.25. The van der Waals surface area contributed by atoms with Gasteiger partial charge in [0, 0.05) is 25.6 Å². The third-order valence-corrected chi connectivity index (χ3v) is 7.31. The Hall–Kier alpha value is -4.41. The van der Waals surface area contributed by atoms with Crippen LogP contribution in [0.5, 0.6) is 0 Å². The molecule has 2 N–H and O–H groups in total. The summed E-state index contributed by atoms with van der Waals surface area (Å²) in [5.41, 5.74) is 3.74. The molecule has 2 heterocycles. The van der Waals surface area contributed by atoms with E-state index in [1.165, 1.54) is 21.1 Å². The Morgan fingerprint density at radius 3 is 2.43 bits per heavy atom. The number of esters is 1. The third-order valence-electron chi connectivity index (χ3n) is 7.31. The summed E-state index contributed by atoms with van der Waals surface area (Å²) in [6, 6.07) is 8.67. The van der Waals surface area contributed by atoms with Gasteiger partial charge in [-0.2, -0.15) is 0 Å². The summed E-state index contributed by atoms with van der Waals surface area (Å²) in [7, 11) is 2.86. The molecule has 0 bridgehead atoms. The van der Waals surface area contributed by atoms with Gasteiger partial charge in [-0.15, -0.1) is 0 Å². The molecule has 0 radical (unpaired) electrons. The van der Waals surface area contributed by atoms with Crippen molar-refractivity contribution in [2.24, 2.45) is 0 Å². The zero-order valence-corrected chi connectivity index (χ0v) is 21.0. The number of aryl methyl sites for hydroxylation is 2. The number of anilines is 1. The Morgan fingerprint density at radius 2 is 1.76 bits per heavy atom. The Kier molecular flexibility index (Phi) is 5.65. The first-order valence-corrected chi connectivity index (χ1v) is 11.8. The number of likely N-dealkylation sites (N-methyl/N-ethyl adjacent to an activating group) is 1. The highest BCUT2D eigenvalue weighted by molar-refractivity contribution is 6.07. The van der Waals surface area contributed by atoms with Gasteiger partial charge in [-0.1, -0.05) is 12.1 Å². The van der Waals surface area contributed by atoms with Gasteiger partial charge < -0.3 is 15.0 Å². The number of fused-ring (bicyclic) bond motifs is 2. The van der Waals surface area contributed by atoms with Crippen LogP contribution in [-0.2, 0) is 45.1 Å². The molecule has 0 saturated carbocycles. The van der Waals surface area contributed by atoms with E-state index in [4.69, 9.17) is 4.74 Å². The molecule has 1 aromatic heterocycles. The van der Waals surface area contributed by atoms with E-state index in [2.05, 4.69) is 10.6 Å². The van der Waals surface area contributed by atoms with Gasteiger partial charge in [0.2, 0.25) is 5.91 Å². The minimum absolute atomic E-state index is 0.257. The molecular weight excluding hydrogens is 478 g/mol. The first-order chi connectivity index (χ1) is 17.5. The SMILES string of the molecule is COC(=O)Cn1c(=O)n(CC(=O)Nc2ccc3c(c2)C[C@]2(C3)C(=O)NC(=O)N2C)c2cc(C)cc(C)c21. The topological polar surface area (TPSA) is 132 Å². The van der Waals surface area contributed by atoms with E-state index < -0.39 is 29.1 Å². The van der Waals surface area contributed by atoms with Gasteiger partial charge in [0.05, 0.1) is 18.1 Å². The number of ether oxygens (including phenoxy) is 1. The van der Waals surface area contributed by atoms with Crippen molar-refractivity contribution < 1.29 is 23.9 Å². The van der Waals surface area contributed by atoms with Crippen LogP contribution >= 0.6 is 0 Å². The van der Waals surface area contributed by atoms with Crippen molar-refractivity contribution in [1.82, 2.24) is 19.4 Å². The standard InChI is InChI=1S/C26H27N5O6/c1-14-7-15(2)22-19(8-14)30(25(36)31(22)13-21(33)37-4)12-20(32)27-18-6-5-16-10-26(11-17(16)9-18)23(34)28-24(35)29(26)3/h5-9H,10-13H2,1-4H3,(H,27,32)(H,28,34,35)/t26-/m1/s1. The summed E-state index contributed by atoms with van der Waals surface area (Å²) in [6.07, 6.45) is 0.748. The number of aromatic nitrogens is 2. The number of imidazole rings is 1. The van der Waals surface area contributed by atoms with Crippen LogP contribution in [-0.4, -0.2) is 57.5 Å². The van der Waals surface area contributed by atoms with Crippen LogP contribution in [0.25, 0.3) is 11.0 Å². The molecule has 192 valence electrons. The molecule has 1 atom stereocenters. The van der Waals surface area contributed by atoms with Crippen LogP contribution in [0.15, 0.2) is 35.1 Å². The average molecular weight is 506 g/mol. The number of imide groups is 1. The molecule has 3 aromatic rings. The fourth-order valence-corrected chi connectivity index (χ4v) is 5.45. The second-order valence-corrected chi connectivity index (χ2v) is 9.72. The molecule has 1 aliphatic heterocycles. The maximum absolute atomic E-state index is 13.2. The first kappa shape index (κ1) is 24.3. The van der Waals surface area contributed by atoms with Crippen molar-refractivity contribution in [2.75, 3.05) is 19.5 Å². The first-order valence-electron chi connectivity index (χ1n) is 11.8. The lowest BCUT2D eigenvalue weighted by Crippen LogP contribution is -2.48. The van der Waals surface area contributed by atoms with E-state index in [0.29, 0.717) is 29.6 Å². The molecule has 1 fully saturated rings. The third kappa shape index (κ3) is 3.87. The summed E-state index contributed by atoms with van der Waals surface area (Å²) in [6.45, 7) is 3.22. The smallest absolute Gasteiger partial charge is 0.330 e. The van der Waals surface area contributed by atoms with Gasteiger partial charge in [-0.3, -0.25) is 28.8 Å². The number of carbonyl (C=O) groups excluding carboxylic acids is 4. The molecule has 0 unspecified atom stereocenters. The lowest BCUT2D eigenvalue weighted by molar-refractivity contribution is -0.141. The largest absolute Gasteiger partial charge is 0.468 e. The van der Waals surface area contributed by atoms with Gasteiger partial charge >= 0.3 is 17.7 Å². The molecule has 2 aliphatic rings. The summed E-state index contributed by atoms with van der Waals surface area (Å²) >= 11 is 0. The number of urea groups is 1. The minimum Gasteiger partial charge on any atom is -0.468 e. The fourth-order valence-electron chi connectivity index (χ4n) is 5.45. The number of rotatable bonds is 5. The van der Waals surface area contributed by atoms with E-state index in [1.54, 1.807) is 19.2 Å². The van der Waals surface area contributed by atoms with Crippen molar-refractivity contribution in [2.45, 2.75) is 45.3 Å². The molecule has 5 rings (SSSR count). The summed E-state index contributed by atoms with van der Waals surface area (Å²) in [4.78, 5) is 64.2. The van der Waals surface area contributed by atoms with E-state index in [1.807, 2.05) is 32.0 Å². The average Bonchev–Trinajstić information content (AvgIpc) is 3.41. The number of carbonyl (C=O) groups is 4. The second kappa shape index (κ2) is 8.61. The maximum Gasteiger partial charge on any atom is 0.330 e. The van der Waals surface area contributed by atoms with Gasteiger partial charge in [0.15, 0.2) is 0 Å². The number of methoxy groups -OCH3 is 1. The molecule has 11 heteroatoms. The van der Waals surface area contributed by atoms with Gasteiger partial charge in [0.1, 0.15) is 18.6 Å². The Bertz CT molecular complexity index is 1570. The molecule has 37 heavy (non-hydrogen) atoms. The zero-order valence-electron chi connectivity index (χ0n) is 21.0. The normalized spacial score (nSPS) is 18.4. The van der Waals surface area contributed by atoms with Gasteiger partial charge in [0.25, 0.3) is 5.91 Å². The quantitative estimate of drug-likeness (QED) is 0.396. The number of amides is 4. The highest BCUT2D eigenvalue weighted by Gasteiger charge is 2.54. The maximum atomic E-state index is 13.2. The number of nitrogens with zero attached hydrogens (tertiary/aromatic N) is 3. The van der Waals surface area contributed by atoms with Gasteiger partial charge in [-0.05, 0) is 54.3 Å². The van der Waals surface area contributed by atoms with Crippen molar-refractivity contribution in [3.05, 3.63) is 63.1 Å². The Labute approximate surface area is 212 Å². The van der Waals surface area contributed by atoms with E-state index >= 15 is 0 Å². The van der Waals surface area contributed by atoms with Crippen LogP contribution < -0.4 is 16.3 Å². The second-order valence-electron chi connectivity index (χ2n) is 9.72. The van der Waals surface area contributed by atoms with Crippen molar-refractivity contribution >= 4 is 40.5 Å². The van der Waals surface area contributed by atoms with Crippen LogP contribution in [0.1, 0.15) is 22.3 Å². The van der Waals surface area contributed by atoms with Gasteiger partial charge in [-0.25, -0.2) is 9.59 Å². The summed E-state index contributed by atoms with van der Waals surface area (Å²) < 4.78 is 7.42. The van der Waals surface area contributed by atoms with Crippen LogP contribution in [0.2, 0.25) is 0 Å². The lowest BCUT2D eigenvalue weighted by atomic mass is 9.95. The fraction of sp³-hybridized carbons (Fsp3) is 0.346. The molecule has 1 aliphatic carbocycles. The van der Waals surface area contributed by atoms with E-state index in [-0.39, 0.29) is 19.0 Å². The lowest BCUT2D eigenvalue weighted by Gasteiger charge is -2.27. The van der Waals surface area contributed by atoms with E-state index in [9.17, 15) is 24.0 Å². The predicted molar refractivity (Wildman–Crippen MR) is 134 cm³/mol. The Morgan fingerprint density at radius 1 is 1.03 bits per heavy atom. The molecular formula is C26H27N5O6. The number of nitrogens with one attached hydrogen (secondary N) is 2. The van der Waals surface area contributed by atoms with Crippen molar-refractivity contribution in [3.8, 4) is 0 Å². The monoisotopic (exact) mass is 505 g/mol. The number of benzene rings is 2. The van der Waals surface area contributed by atoms with Crippen LogP contribution in [0, 0.1) is 13.8 Å². The molecule has 1 spiro atoms. The molecule has 11 nitrogen and oxygen atoms in total. The highest BCUT2D eigenvalue weighted by atomic mass is 16.5. The zero-order chi connectivity index (χ0) is 26.6. The minimum atomic E-state index is -0.952. The molecule has 2 aromatic carbocycles. The summed E-state index contributed by atoms with van der Waals surface area (Å²) in [5.74, 6) is -1.31. The van der Waals surface area contributed by atoms with E-state index in [0.717, 1.165) is 22.3 Å². The molecule has 4 amide bonds. The molecule has 1 saturated heterocycles. The van der Waals surface area contributed by atoms with Crippen LogP contribution in [0.4, 0.5) is 10.5 Å². The number of hydrogen-bond acceptors (Lipinski definition) is 6. The van der Waals surface area contributed by atoms with Crippen molar-refractivity contribution in [1.29, 1.82) is 0 Å². The Balaban J connectivity index is 1.41. The summed E-state index contributed by atoms with van der Waals surface area (Å²) in [5, 5.41) is 5.20. The van der Waals surface area contributed by atoms with Crippen molar-refractivity contribution in [3.63, 3.8) is 0 Å². The number of hydrogen-bond donors (Lipinski definition) is 2.